The molecule has 146 valence electrons. The van der Waals surface area contributed by atoms with Crippen molar-refractivity contribution < 1.29 is 22.7 Å². The number of aromatic nitrogens is 2. The van der Waals surface area contributed by atoms with Crippen LogP contribution in [0.25, 0.3) is 11.5 Å². The van der Waals surface area contributed by atoms with Crippen LogP contribution in [0, 0.1) is 6.92 Å². The summed E-state index contributed by atoms with van der Waals surface area (Å²) in [5, 5.41) is 13.1. The molecule has 2 heterocycles. The minimum Gasteiger partial charge on any atom is -0.421 e. The predicted octanol–water partition coefficient (Wildman–Crippen LogP) is 4.66. The van der Waals surface area contributed by atoms with Gasteiger partial charge < -0.3 is 14.8 Å². The zero-order valence-corrected chi connectivity index (χ0v) is 15.0. The van der Waals surface area contributed by atoms with Gasteiger partial charge >= 0.3 is 6.18 Å². The van der Waals surface area contributed by atoms with E-state index in [9.17, 15) is 18.3 Å². The summed E-state index contributed by atoms with van der Waals surface area (Å²) in [6.45, 7) is 1.70. The van der Waals surface area contributed by atoms with Crippen LogP contribution in [-0.2, 0) is 19.0 Å². The zero-order valence-electron chi connectivity index (χ0n) is 15.0. The summed E-state index contributed by atoms with van der Waals surface area (Å²) < 4.78 is 43.8. The molecule has 1 unspecified atom stereocenters. The molecule has 0 amide bonds. The van der Waals surface area contributed by atoms with Crippen LogP contribution in [-0.4, -0.2) is 21.2 Å². The molecule has 0 aliphatic heterocycles. The van der Waals surface area contributed by atoms with E-state index in [1.165, 1.54) is 11.6 Å². The molecule has 1 aliphatic carbocycles. The normalized spacial score (nSPS) is 16.7. The average molecular weight is 389 g/mol. The number of aliphatic hydroxyl groups excluding tert-OH is 1. The fourth-order valence-electron chi connectivity index (χ4n) is 3.39. The van der Waals surface area contributed by atoms with Gasteiger partial charge in [0, 0.05) is 18.3 Å². The molecule has 5 nitrogen and oxygen atoms in total. The van der Waals surface area contributed by atoms with Gasteiger partial charge in [0.1, 0.15) is 5.69 Å². The van der Waals surface area contributed by atoms with Crippen molar-refractivity contribution in [2.24, 2.45) is 0 Å². The number of nitrogens with one attached hydrogen (secondary N) is 1. The second-order valence-corrected chi connectivity index (χ2v) is 6.83. The quantitative estimate of drug-likeness (QED) is 0.682. The Morgan fingerprint density at radius 1 is 1.21 bits per heavy atom. The first-order chi connectivity index (χ1) is 13.3. The molecular formula is C20H18F3N3O2. The van der Waals surface area contributed by atoms with E-state index in [4.69, 9.17) is 4.42 Å². The van der Waals surface area contributed by atoms with Gasteiger partial charge in [0.2, 0.25) is 0 Å². The SMILES string of the molecule is Cc1nc(Nc2cccc3c2CC(O)CC3)oc1-c1ccc(C(F)(F)F)cn1. The fourth-order valence-corrected chi connectivity index (χ4v) is 3.39. The van der Waals surface area contributed by atoms with E-state index in [1.807, 2.05) is 18.2 Å². The molecule has 2 N–H and O–H groups in total. The summed E-state index contributed by atoms with van der Waals surface area (Å²) in [4.78, 5) is 8.18. The third-order valence-corrected chi connectivity index (χ3v) is 4.82. The second kappa shape index (κ2) is 6.94. The monoisotopic (exact) mass is 389 g/mol. The number of oxazole rings is 1. The first-order valence-corrected chi connectivity index (χ1v) is 8.88. The van der Waals surface area contributed by atoms with Crippen LogP contribution < -0.4 is 5.32 Å². The molecule has 3 aromatic rings. The highest BCUT2D eigenvalue weighted by atomic mass is 19.4. The van der Waals surface area contributed by atoms with Gasteiger partial charge in [-0.3, -0.25) is 4.98 Å². The maximum absolute atomic E-state index is 12.7. The van der Waals surface area contributed by atoms with Crippen molar-refractivity contribution in [2.75, 3.05) is 5.32 Å². The average Bonchev–Trinajstić information content (AvgIpc) is 3.02. The smallest absolute Gasteiger partial charge is 0.417 e. The molecule has 1 aliphatic rings. The lowest BCUT2D eigenvalue weighted by molar-refractivity contribution is -0.137. The van der Waals surface area contributed by atoms with Gasteiger partial charge in [-0.15, -0.1) is 0 Å². The van der Waals surface area contributed by atoms with Crippen LogP contribution in [0.5, 0.6) is 0 Å². The highest BCUT2D eigenvalue weighted by molar-refractivity contribution is 5.63. The van der Waals surface area contributed by atoms with E-state index in [0.29, 0.717) is 17.9 Å². The molecule has 28 heavy (non-hydrogen) atoms. The van der Waals surface area contributed by atoms with Crippen LogP contribution in [0.15, 0.2) is 40.9 Å². The Morgan fingerprint density at radius 3 is 2.75 bits per heavy atom. The van der Waals surface area contributed by atoms with Gasteiger partial charge in [-0.05, 0) is 49.1 Å². The summed E-state index contributed by atoms with van der Waals surface area (Å²) in [6.07, 6.45) is -1.96. The summed E-state index contributed by atoms with van der Waals surface area (Å²) in [7, 11) is 0. The Labute approximate surface area is 159 Å². The topological polar surface area (TPSA) is 71.2 Å². The third kappa shape index (κ3) is 3.60. The van der Waals surface area contributed by atoms with Gasteiger partial charge in [-0.25, -0.2) is 0 Å². The summed E-state index contributed by atoms with van der Waals surface area (Å²) in [6, 6.07) is 8.29. The molecule has 1 aromatic carbocycles. The summed E-state index contributed by atoms with van der Waals surface area (Å²) in [5.41, 5.74) is 2.95. The minimum absolute atomic E-state index is 0.225. The molecule has 0 saturated heterocycles. The number of anilines is 2. The Bertz CT molecular complexity index is 997. The molecule has 0 saturated carbocycles. The maximum Gasteiger partial charge on any atom is 0.417 e. The van der Waals surface area contributed by atoms with Crippen molar-refractivity contribution in [3.8, 4) is 11.5 Å². The van der Waals surface area contributed by atoms with Crippen molar-refractivity contribution in [2.45, 2.75) is 38.5 Å². The van der Waals surface area contributed by atoms with Crippen LogP contribution in [0.4, 0.5) is 24.9 Å². The van der Waals surface area contributed by atoms with Crippen LogP contribution in [0.2, 0.25) is 0 Å². The van der Waals surface area contributed by atoms with E-state index < -0.39 is 11.7 Å². The molecule has 0 spiro atoms. The van der Waals surface area contributed by atoms with Crippen molar-refractivity contribution >= 4 is 11.7 Å². The van der Waals surface area contributed by atoms with Crippen molar-refractivity contribution in [3.05, 3.63) is 58.9 Å². The minimum atomic E-state index is -4.44. The molecule has 2 aromatic heterocycles. The molecule has 4 rings (SSSR count). The largest absolute Gasteiger partial charge is 0.421 e. The third-order valence-electron chi connectivity index (χ3n) is 4.82. The van der Waals surface area contributed by atoms with Gasteiger partial charge in [-0.1, -0.05) is 12.1 Å². The van der Waals surface area contributed by atoms with E-state index in [-0.39, 0.29) is 17.8 Å². The van der Waals surface area contributed by atoms with Crippen LogP contribution in [0.1, 0.15) is 28.8 Å². The lowest BCUT2D eigenvalue weighted by Gasteiger charge is -2.23. The second-order valence-electron chi connectivity index (χ2n) is 6.83. The standard InChI is InChI=1S/C20H18F3N3O2/c1-11-18(17-8-6-13(10-24-17)20(21,22)23)28-19(25-11)26-16-4-2-3-12-5-7-14(27)9-15(12)16/h2-4,6,8,10,14,27H,5,7,9H2,1H3,(H,25,26). The summed E-state index contributed by atoms with van der Waals surface area (Å²) in [5.74, 6) is 0.307. The molecule has 0 fully saturated rings. The maximum atomic E-state index is 12.7. The summed E-state index contributed by atoms with van der Waals surface area (Å²) >= 11 is 0. The lowest BCUT2D eigenvalue weighted by atomic mass is 9.88. The first kappa shape index (κ1) is 18.5. The van der Waals surface area contributed by atoms with Crippen molar-refractivity contribution in [1.82, 2.24) is 9.97 Å². The van der Waals surface area contributed by atoms with E-state index in [1.54, 1.807) is 6.92 Å². The molecule has 8 heteroatoms. The number of aryl methyl sites for hydroxylation is 2. The Kier molecular flexibility index (Phi) is 4.58. The number of hydrogen-bond acceptors (Lipinski definition) is 5. The number of halogens is 3. The van der Waals surface area contributed by atoms with Gasteiger partial charge in [-0.2, -0.15) is 18.2 Å². The zero-order chi connectivity index (χ0) is 19.9. The number of hydrogen-bond donors (Lipinski definition) is 2. The Morgan fingerprint density at radius 2 is 2.04 bits per heavy atom. The molecule has 0 bridgehead atoms. The van der Waals surface area contributed by atoms with Gasteiger partial charge in [0.05, 0.1) is 17.4 Å². The number of pyridine rings is 1. The first-order valence-electron chi connectivity index (χ1n) is 8.88. The number of aliphatic hydroxyl groups is 1. The lowest BCUT2D eigenvalue weighted by Crippen LogP contribution is -2.19. The van der Waals surface area contributed by atoms with E-state index >= 15 is 0 Å². The van der Waals surface area contributed by atoms with Crippen molar-refractivity contribution in [3.63, 3.8) is 0 Å². The van der Waals surface area contributed by atoms with Crippen molar-refractivity contribution in [1.29, 1.82) is 0 Å². The Hall–Kier alpha value is -2.87. The molecular weight excluding hydrogens is 371 g/mol. The van der Waals surface area contributed by atoms with Gasteiger partial charge in [0.15, 0.2) is 5.76 Å². The number of rotatable bonds is 3. The highest BCUT2D eigenvalue weighted by Gasteiger charge is 2.31. The fraction of sp³-hybridized carbons (Fsp3) is 0.300. The number of benzene rings is 1. The number of alkyl halides is 3. The molecule has 0 radical (unpaired) electrons. The van der Waals surface area contributed by atoms with E-state index in [2.05, 4.69) is 15.3 Å². The number of fused-ring (bicyclic) bond motifs is 1. The van der Waals surface area contributed by atoms with E-state index in [0.717, 1.165) is 36.4 Å². The van der Waals surface area contributed by atoms with Crippen LogP contribution in [0.3, 0.4) is 0 Å². The molecule has 1 atom stereocenters. The highest BCUT2D eigenvalue weighted by Crippen LogP contribution is 2.33. The van der Waals surface area contributed by atoms with Crippen LogP contribution >= 0.6 is 0 Å². The van der Waals surface area contributed by atoms with Gasteiger partial charge in [0.25, 0.3) is 6.01 Å². The number of nitrogens with zero attached hydrogens (tertiary/aromatic N) is 2. The predicted molar refractivity (Wildman–Crippen MR) is 97.2 cm³/mol. The Balaban J connectivity index is 1.61.